The van der Waals surface area contributed by atoms with E-state index >= 15 is 4.39 Å². The first-order chi connectivity index (χ1) is 20.6. The standard InChI is InChI=1S/C31H27ClF2N6O3/c1-4-22(41)38-9-10-39(16(2)13-38)29-18-11-19(32)24-23-17(5-6-20(33)25(23)34)14-43-27(24)26(18)40(30(42)37-29)21-12-35-15-36-28(21)31(3)7-8-31/h4-6,11-12,15-16H,1,7-10,13-14H2,2-3H3/t16-/m0/s1. The van der Waals surface area contributed by atoms with Crippen molar-refractivity contribution in [1.82, 2.24) is 24.4 Å². The molecule has 1 amide bonds. The number of aromatic nitrogens is 4. The topological polar surface area (TPSA) is 93.5 Å². The van der Waals surface area contributed by atoms with Crippen LogP contribution in [0, 0.1) is 11.6 Å². The number of hydrogen-bond donors (Lipinski definition) is 0. The summed E-state index contributed by atoms with van der Waals surface area (Å²) in [5, 5.41) is 0.600. The highest BCUT2D eigenvalue weighted by Crippen LogP contribution is 2.51. The zero-order valence-corrected chi connectivity index (χ0v) is 24.3. The lowest BCUT2D eigenvalue weighted by Crippen LogP contribution is -2.54. The van der Waals surface area contributed by atoms with Crippen molar-refractivity contribution < 1.29 is 18.3 Å². The van der Waals surface area contributed by atoms with Crippen molar-refractivity contribution in [1.29, 1.82) is 0 Å². The summed E-state index contributed by atoms with van der Waals surface area (Å²) in [6.45, 7) is 8.70. The summed E-state index contributed by atoms with van der Waals surface area (Å²) >= 11 is 6.86. The van der Waals surface area contributed by atoms with E-state index in [1.165, 1.54) is 23.0 Å². The third-order valence-corrected chi connectivity index (χ3v) is 9.06. The largest absolute Gasteiger partial charge is 0.486 e. The van der Waals surface area contributed by atoms with E-state index in [-0.39, 0.29) is 45.9 Å². The smallest absolute Gasteiger partial charge is 0.354 e. The molecule has 2 aliphatic heterocycles. The zero-order chi connectivity index (χ0) is 30.2. The Morgan fingerprint density at radius 3 is 2.74 bits per heavy atom. The summed E-state index contributed by atoms with van der Waals surface area (Å²) < 4.78 is 37.6. The van der Waals surface area contributed by atoms with Crippen molar-refractivity contribution in [3.8, 4) is 22.6 Å². The Kier molecular flexibility index (Phi) is 6.28. The summed E-state index contributed by atoms with van der Waals surface area (Å²) in [7, 11) is 0. The molecule has 1 atom stereocenters. The minimum Gasteiger partial charge on any atom is -0.486 e. The second-order valence-corrected chi connectivity index (χ2v) is 12.0. The van der Waals surface area contributed by atoms with E-state index in [0.717, 1.165) is 18.9 Å². The van der Waals surface area contributed by atoms with E-state index in [9.17, 15) is 14.0 Å². The Balaban J connectivity index is 1.54. The van der Waals surface area contributed by atoms with Gasteiger partial charge in [-0.15, -0.1) is 0 Å². The molecule has 0 unspecified atom stereocenters. The van der Waals surface area contributed by atoms with Crippen molar-refractivity contribution >= 4 is 34.2 Å². The number of anilines is 1. The molecule has 1 saturated heterocycles. The van der Waals surface area contributed by atoms with Crippen LogP contribution in [0.4, 0.5) is 14.6 Å². The molecular weight excluding hydrogens is 578 g/mol. The van der Waals surface area contributed by atoms with E-state index in [2.05, 4.69) is 28.5 Å². The minimum absolute atomic E-state index is 0.00544. The molecule has 0 radical (unpaired) electrons. The molecule has 220 valence electrons. The van der Waals surface area contributed by atoms with Gasteiger partial charge in [0, 0.05) is 53.2 Å². The first-order valence-electron chi connectivity index (χ1n) is 14.0. The molecule has 9 nitrogen and oxygen atoms in total. The lowest BCUT2D eigenvalue weighted by molar-refractivity contribution is -0.126. The van der Waals surface area contributed by atoms with Gasteiger partial charge in [0.2, 0.25) is 5.91 Å². The second-order valence-electron chi connectivity index (χ2n) is 11.5. The summed E-state index contributed by atoms with van der Waals surface area (Å²) in [5.74, 6) is -1.74. The van der Waals surface area contributed by atoms with Gasteiger partial charge in [-0.3, -0.25) is 9.36 Å². The van der Waals surface area contributed by atoms with Crippen LogP contribution in [0.1, 0.15) is 37.9 Å². The fourth-order valence-corrected chi connectivity index (χ4v) is 6.52. The van der Waals surface area contributed by atoms with Crippen LogP contribution in [-0.4, -0.2) is 56.0 Å². The van der Waals surface area contributed by atoms with Crippen molar-refractivity contribution in [2.75, 3.05) is 24.5 Å². The molecule has 4 aromatic rings. The summed E-state index contributed by atoms with van der Waals surface area (Å²) in [4.78, 5) is 43.4. The molecule has 1 saturated carbocycles. The molecule has 2 fully saturated rings. The van der Waals surface area contributed by atoms with Gasteiger partial charge < -0.3 is 14.5 Å². The van der Waals surface area contributed by atoms with Gasteiger partial charge in [-0.2, -0.15) is 4.98 Å². The molecule has 2 aromatic heterocycles. The Bertz CT molecular complexity index is 1920. The first kappa shape index (κ1) is 27.5. The highest BCUT2D eigenvalue weighted by Gasteiger charge is 2.43. The quantitative estimate of drug-likeness (QED) is 0.305. The number of carbonyl (C=O) groups excluding carboxylic acids is 1. The number of halogens is 3. The summed E-state index contributed by atoms with van der Waals surface area (Å²) in [6.07, 6.45) is 6.06. The molecular formula is C31H27ClF2N6O3. The SMILES string of the molecule is C=CC(=O)N1CCN(c2nc(=O)n(-c3cncnc3C3(C)CC3)c3c4c(c(Cl)cc23)-c2c(ccc(F)c2F)CO4)[C@@H](C)C1. The average Bonchev–Trinajstić information content (AvgIpc) is 3.76. The molecule has 12 heteroatoms. The predicted octanol–water partition coefficient (Wildman–Crippen LogP) is 4.94. The maximum absolute atomic E-state index is 15.4. The van der Waals surface area contributed by atoms with E-state index < -0.39 is 17.3 Å². The molecule has 3 aliphatic rings. The number of hydrogen-bond acceptors (Lipinski definition) is 7. The van der Waals surface area contributed by atoms with E-state index in [1.54, 1.807) is 17.2 Å². The molecule has 0 N–H and O–H groups in total. The molecule has 4 heterocycles. The van der Waals surface area contributed by atoms with Crippen LogP contribution in [0.3, 0.4) is 0 Å². The molecule has 0 bridgehead atoms. The van der Waals surface area contributed by atoms with Gasteiger partial charge in [-0.05, 0) is 38.0 Å². The van der Waals surface area contributed by atoms with Crippen molar-refractivity contribution in [2.45, 2.75) is 44.8 Å². The van der Waals surface area contributed by atoms with Crippen molar-refractivity contribution in [3.05, 3.63) is 81.8 Å². The highest BCUT2D eigenvalue weighted by atomic mass is 35.5. The number of piperazine rings is 1. The second kappa shape index (κ2) is 9.84. The van der Waals surface area contributed by atoms with Gasteiger partial charge >= 0.3 is 5.69 Å². The van der Waals surface area contributed by atoms with Gasteiger partial charge in [0.05, 0.1) is 22.6 Å². The van der Waals surface area contributed by atoms with Crippen LogP contribution >= 0.6 is 11.6 Å². The van der Waals surface area contributed by atoms with Gasteiger partial charge in [0.25, 0.3) is 0 Å². The number of rotatable bonds is 4. The normalized spacial score (nSPS) is 18.6. The maximum atomic E-state index is 15.4. The van der Waals surface area contributed by atoms with Crippen LogP contribution in [0.15, 0.2) is 48.2 Å². The van der Waals surface area contributed by atoms with Crippen LogP contribution in [0.2, 0.25) is 5.02 Å². The van der Waals surface area contributed by atoms with Gasteiger partial charge in [0.15, 0.2) is 17.4 Å². The first-order valence-corrected chi connectivity index (χ1v) is 14.4. The number of benzene rings is 2. The van der Waals surface area contributed by atoms with Gasteiger partial charge in [0.1, 0.15) is 24.3 Å². The van der Waals surface area contributed by atoms with Crippen molar-refractivity contribution in [3.63, 3.8) is 0 Å². The highest BCUT2D eigenvalue weighted by molar-refractivity contribution is 6.35. The molecule has 1 aliphatic carbocycles. The zero-order valence-electron chi connectivity index (χ0n) is 23.5. The third-order valence-electron chi connectivity index (χ3n) is 8.76. The lowest BCUT2D eigenvalue weighted by atomic mass is 9.94. The monoisotopic (exact) mass is 604 g/mol. The lowest BCUT2D eigenvalue weighted by Gasteiger charge is -2.40. The van der Waals surface area contributed by atoms with Gasteiger partial charge in [-0.25, -0.2) is 23.5 Å². The Morgan fingerprint density at radius 2 is 2.02 bits per heavy atom. The van der Waals surface area contributed by atoms with E-state index in [0.29, 0.717) is 53.3 Å². The van der Waals surface area contributed by atoms with Crippen LogP contribution < -0.4 is 15.3 Å². The summed E-state index contributed by atoms with van der Waals surface area (Å²) in [5.41, 5.74) is 1.14. The van der Waals surface area contributed by atoms with Crippen LogP contribution in [0.5, 0.6) is 5.75 Å². The molecule has 2 aromatic carbocycles. The fourth-order valence-electron chi connectivity index (χ4n) is 6.23. The number of nitrogens with zero attached hydrogens (tertiary/aromatic N) is 6. The van der Waals surface area contributed by atoms with Crippen LogP contribution in [0.25, 0.3) is 27.7 Å². The van der Waals surface area contributed by atoms with Crippen LogP contribution in [-0.2, 0) is 16.8 Å². The maximum Gasteiger partial charge on any atom is 0.354 e. The average molecular weight is 605 g/mol. The fraction of sp³-hybridized carbons (Fsp3) is 0.323. The third kappa shape index (κ3) is 4.20. The van der Waals surface area contributed by atoms with E-state index in [1.807, 2.05) is 11.8 Å². The minimum atomic E-state index is -1.04. The summed E-state index contributed by atoms with van der Waals surface area (Å²) in [6, 6.07) is 3.92. The Labute approximate surface area is 250 Å². The number of fused-ring (bicyclic) bond motifs is 5. The van der Waals surface area contributed by atoms with Gasteiger partial charge in [-0.1, -0.05) is 31.2 Å². The molecule has 0 spiro atoms. The predicted molar refractivity (Wildman–Crippen MR) is 158 cm³/mol. The number of amides is 1. The molecule has 7 rings (SSSR count). The van der Waals surface area contributed by atoms with E-state index in [4.69, 9.17) is 16.3 Å². The number of ether oxygens (including phenoxy) is 1. The van der Waals surface area contributed by atoms with Crippen molar-refractivity contribution in [2.24, 2.45) is 0 Å². The Morgan fingerprint density at radius 1 is 1.23 bits per heavy atom. The molecule has 43 heavy (non-hydrogen) atoms. The number of carbonyl (C=O) groups is 1. The Hall–Kier alpha value is -4.38.